The van der Waals surface area contributed by atoms with Gasteiger partial charge in [-0.25, -0.2) is 8.42 Å². The fourth-order valence-electron chi connectivity index (χ4n) is 4.11. The molecule has 0 radical (unpaired) electrons. The molecule has 34 heavy (non-hydrogen) atoms. The van der Waals surface area contributed by atoms with Crippen molar-refractivity contribution in [2.24, 2.45) is 0 Å². The van der Waals surface area contributed by atoms with Crippen molar-refractivity contribution in [1.29, 1.82) is 0 Å². The molecule has 9 heteroatoms. The van der Waals surface area contributed by atoms with Crippen LogP contribution >= 0.6 is 0 Å². The van der Waals surface area contributed by atoms with Gasteiger partial charge in [-0.05, 0) is 49.6 Å². The van der Waals surface area contributed by atoms with Gasteiger partial charge < -0.3 is 15.0 Å². The Morgan fingerprint density at radius 2 is 1.68 bits per heavy atom. The topological polar surface area (TPSA) is 96.0 Å². The van der Waals surface area contributed by atoms with Gasteiger partial charge in [-0.15, -0.1) is 0 Å². The molecule has 0 aliphatic heterocycles. The predicted molar refractivity (Wildman–Crippen MR) is 132 cm³/mol. The number of nitrogens with zero attached hydrogens (tertiary/aromatic N) is 2. The summed E-state index contributed by atoms with van der Waals surface area (Å²) >= 11 is 0. The highest BCUT2D eigenvalue weighted by Crippen LogP contribution is 2.21. The van der Waals surface area contributed by atoms with Crippen LogP contribution in [-0.2, 0) is 26.2 Å². The van der Waals surface area contributed by atoms with Gasteiger partial charge in [0.15, 0.2) is 0 Å². The lowest BCUT2D eigenvalue weighted by Crippen LogP contribution is -2.52. The number of hydrogen-bond donors (Lipinski definition) is 1. The number of amides is 2. The Morgan fingerprint density at radius 1 is 1.06 bits per heavy atom. The van der Waals surface area contributed by atoms with E-state index in [-0.39, 0.29) is 18.5 Å². The van der Waals surface area contributed by atoms with E-state index in [9.17, 15) is 18.0 Å². The highest BCUT2D eigenvalue weighted by atomic mass is 32.2. The van der Waals surface area contributed by atoms with E-state index in [1.165, 1.54) is 4.90 Å². The van der Waals surface area contributed by atoms with E-state index in [4.69, 9.17) is 4.74 Å². The lowest BCUT2D eigenvalue weighted by atomic mass is 10.1. The van der Waals surface area contributed by atoms with E-state index >= 15 is 0 Å². The Balaban J connectivity index is 1.85. The summed E-state index contributed by atoms with van der Waals surface area (Å²) in [5.74, 6) is -0.0143. The average molecular weight is 488 g/mol. The summed E-state index contributed by atoms with van der Waals surface area (Å²) in [4.78, 5) is 28.0. The first-order valence-corrected chi connectivity index (χ1v) is 13.3. The van der Waals surface area contributed by atoms with Crippen LogP contribution in [0.25, 0.3) is 0 Å². The summed E-state index contributed by atoms with van der Waals surface area (Å²) in [5, 5.41) is 3.05. The zero-order chi connectivity index (χ0) is 24.7. The zero-order valence-electron chi connectivity index (χ0n) is 19.9. The number of ether oxygens (including phenoxy) is 1. The number of nitrogens with one attached hydrogen (secondary N) is 1. The maximum Gasteiger partial charge on any atom is 0.244 e. The highest BCUT2D eigenvalue weighted by Gasteiger charge is 2.31. The second-order valence-electron chi connectivity index (χ2n) is 8.64. The maximum atomic E-state index is 13.5. The summed E-state index contributed by atoms with van der Waals surface area (Å²) in [6.45, 7) is 1.44. The first kappa shape index (κ1) is 25.6. The van der Waals surface area contributed by atoms with Gasteiger partial charge in [0.05, 0.1) is 19.1 Å². The van der Waals surface area contributed by atoms with Crippen molar-refractivity contribution >= 4 is 27.5 Å². The third kappa shape index (κ3) is 6.72. The lowest BCUT2D eigenvalue weighted by molar-refractivity contribution is -0.139. The summed E-state index contributed by atoms with van der Waals surface area (Å²) in [6.07, 6.45) is 5.08. The van der Waals surface area contributed by atoms with Crippen molar-refractivity contribution in [3.8, 4) is 5.75 Å². The molecule has 2 aromatic carbocycles. The number of anilines is 1. The van der Waals surface area contributed by atoms with Gasteiger partial charge in [0.1, 0.15) is 18.3 Å². The van der Waals surface area contributed by atoms with E-state index < -0.39 is 28.5 Å². The van der Waals surface area contributed by atoms with Crippen LogP contribution < -0.4 is 14.4 Å². The quantitative estimate of drug-likeness (QED) is 0.556. The monoisotopic (exact) mass is 487 g/mol. The zero-order valence-corrected chi connectivity index (χ0v) is 20.8. The number of methoxy groups -OCH3 is 1. The number of para-hydroxylation sites is 1. The average Bonchev–Trinajstić information content (AvgIpc) is 3.33. The molecule has 8 nitrogen and oxygen atoms in total. The molecule has 0 spiro atoms. The molecule has 3 rings (SSSR count). The third-order valence-electron chi connectivity index (χ3n) is 6.10. The molecule has 1 N–H and O–H groups in total. The molecule has 184 valence electrons. The van der Waals surface area contributed by atoms with Crippen molar-refractivity contribution in [2.45, 2.75) is 51.2 Å². The standard InChI is InChI=1S/C25H33N3O5S/c1-19(25(30)26-21-9-7-8-10-21)27(17-20-13-15-23(33-2)16-14-20)24(29)18-28(34(3,31)32)22-11-5-4-6-12-22/h4-6,11-16,19,21H,7-10,17-18H2,1-3H3,(H,26,30)/t19-/m0/s1. The Morgan fingerprint density at radius 3 is 2.24 bits per heavy atom. The second kappa shape index (κ2) is 11.4. The van der Waals surface area contributed by atoms with Gasteiger partial charge in [-0.2, -0.15) is 0 Å². The molecule has 0 unspecified atom stereocenters. The minimum absolute atomic E-state index is 0.115. The molecule has 0 aromatic heterocycles. The summed E-state index contributed by atoms with van der Waals surface area (Å²) in [7, 11) is -2.15. The maximum absolute atomic E-state index is 13.5. The van der Waals surface area contributed by atoms with Crippen LogP contribution in [0.1, 0.15) is 38.2 Å². The fourth-order valence-corrected chi connectivity index (χ4v) is 4.96. The van der Waals surface area contributed by atoms with E-state index in [1.54, 1.807) is 56.5 Å². The van der Waals surface area contributed by atoms with Crippen LogP contribution in [0.2, 0.25) is 0 Å². The molecule has 1 aliphatic carbocycles. The van der Waals surface area contributed by atoms with Gasteiger partial charge >= 0.3 is 0 Å². The van der Waals surface area contributed by atoms with Gasteiger partial charge in [0.2, 0.25) is 21.8 Å². The second-order valence-corrected chi connectivity index (χ2v) is 10.5. The number of rotatable bonds is 10. The number of carbonyl (C=O) groups excluding carboxylic acids is 2. The molecule has 1 aliphatic rings. The predicted octanol–water partition coefficient (Wildman–Crippen LogP) is 2.94. The highest BCUT2D eigenvalue weighted by molar-refractivity contribution is 7.92. The van der Waals surface area contributed by atoms with Crippen molar-refractivity contribution in [1.82, 2.24) is 10.2 Å². The Bertz CT molecular complexity index is 1070. The van der Waals surface area contributed by atoms with Crippen LogP contribution in [-0.4, -0.2) is 57.1 Å². The smallest absolute Gasteiger partial charge is 0.244 e. The van der Waals surface area contributed by atoms with E-state index in [1.807, 2.05) is 12.1 Å². The minimum Gasteiger partial charge on any atom is -0.497 e. The van der Waals surface area contributed by atoms with Crippen molar-refractivity contribution in [3.63, 3.8) is 0 Å². The van der Waals surface area contributed by atoms with Crippen LogP contribution in [0.4, 0.5) is 5.69 Å². The molecular weight excluding hydrogens is 454 g/mol. The van der Waals surface area contributed by atoms with Crippen molar-refractivity contribution in [2.75, 3.05) is 24.2 Å². The molecule has 0 bridgehead atoms. The van der Waals surface area contributed by atoms with Gasteiger partial charge in [-0.3, -0.25) is 13.9 Å². The van der Waals surface area contributed by atoms with E-state index in [0.717, 1.165) is 41.8 Å². The van der Waals surface area contributed by atoms with Crippen LogP contribution in [0.5, 0.6) is 5.75 Å². The van der Waals surface area contributed by atoms with Crippen LogP contribution in [0, 0.1) is 0 Å². The summed E-state index contributed by atoms with van der Waals surface area (Å²) < 4.78 is 31.3. The Labute approximate surface area is 201 Å². The molecule has 0 saturated heterocycles. The molecule has 2 aromatic rings. The molecule has 1 atom stereocenters. The van der Waals surface area contributed by atoms with E-state index in [0.29, 0.717) is 11.4 Å². The Kier molecular flexibility index (Phi) is 8.55. The Hall–Kier alpha value is -3.07. The summed E-state index contributed by atoms with van der Waals surface area (Å²) in [5.41, 5.74) is 1.20. The lowest BCUT2D eigenvalue weighted by Gasteiger charge is -2.32. The van der Waals surface area contributed by atoms with Gasteiger partial charge in [0, 0.05) is 12.6 Å². The molecular formula is C25H33N3O5S. The first-order chi connectivity index (χ1) is 16.2. The minimum atomic E-state index is -3.72. The largest absolute Gasteiger partial charge is 0.497 e. The first-order valence-electron chi connectivity index (χ1n) is 11.4. The number of sulfonamides is 1. The molecule has 1 fully saturated rings. The molecule has 1 saturated carbocycles. The van der Waals surface area contributed by atoms with Gasteiger partial charge in [-0.1, -0.05) is 43.2 Å². The van der Waals surface area contributed by atoms with Crippen LogP contribution in [0.15, 0.2) is 54.6 Å². The van der Waals surface area contributed by atoms with Crippen molar-refractivity contribution in [3.05, 3.63) is 60.2 Å². The molecule has 0 heterocycles. The molecule has 2 amide bonds. The number of benzene rings is 2. The van der Waals surface area contributed by atoms with Crippen LogP contribution in [0.3, 0.4) is 0 Å². The van der Waals surface area contributed by atoms with Crippen molar-refractivity contribution < 1.29 is 22.7 Å². The summed E-state index contributed by atoms with van der Waals surface area (Å²) in [6, 6.07) is 15.0. The van der Waals surface area contributed by atoms with Gasteiger partial charge in [0.25, 0.3) is 0 Å². The number of hydrogen-bond acceptors (Lipinski definition) is 5. The van der Waals surface area contributed by atoms with E-state index in [2.05, 4.69) is 5.32 Å². The SMILES string of the molecule is COc1ccc(CN(C(=O)CN(c2ccccc2)S(C)(=O)=O)[C@@H](C)C(=O)NC2CCCC2)cc1. The normalized spacial score (nSPS) is 14.9. The number of carbonyl (C=O) groups is 2. The fraction of sp³-hybridized carbons (Fsp3) is 0.440. The third-order valence-corrected chi connectivity index (χ3v) is 7.24.